The molecule has 0 aliphatic carbocycles. The predicted molar refractivity (Wildman–Crippen MR) is 78.9 cm³/mol. The number of rotatable bonds is 6. The molecule has 6 heteroatoms. The van der Waals surface area contributed by atoms with Crippen molar-refractivity contribution in [3.8, 4) is 0 Å². The van der Waals surface area contributed by atoms with Crippen molar-refractivity contribution in [3.63, 3.8) is 0 Å². The van der Waals surface area contributed by atoms with Crippen molar-refractivity contribution in [1.29, 1.82) is 0 Å². The Kier molecular flexibility index (Phi) is 5.59. The van der Waals surface area contributed by atoms with Crippen LogP contribution in [-0.2, 0) is 22.7 Å². The highest BCUT2D eigenvalue weighted by Crippen LogP contribution is 2.02. The molecule has 2 rings (SSSR count). The van der Waals surface area contributed by atoms with Crippen molar-refractivity contribution in [3.05, 3.63) is 65.7 Å². The Morgan fingerprint density at radius 1 is 0.955 bits per heavy atom. The first-order valence-electron chi connectivity index (χ1n) is 6.81. The zero-order valence-corrected chi connectivity index (χ0v) is 11.9. The molecule has 0 bridgehead atoms. The van der Waals surface area contributed by atoms with Crippen LogP contribution in [0.2, 0.25) is 0 Å². The molecule has 1 aromatic carbocycles. The third kappa shape index (κ3) is 5.32. The van der Waals surface area contributed by atoms with Gasteiger partial charge in [0.05, 0.1) is 12.2 Å². The van der Waals surface area contributed by atoms with Crippen molar-refractivity contribution in [2.75, 3.05) is 0 Å². The minimum atomic E-state index is -0.386. The lowest BCUT2D eigenvalue weighted by molar-refractivity contribution is -0.129. The molecule has 114 valence electrons. The summed E-state index contributed by atoms with van der Waals surface area (Å²) in [5, 5.41) is 5.23. The molecule has 1 aromatic heterocycles. The van der Waals surface area contributed by atoms with E-state index >= 15 is 0 Å². The number of hydrogen-bond acceptors (Lipinski definition) is 3. The van der Waals surface area contributed by atoms with Crippen LogP contribution in [0.3, 0.4) is 0 Å². The Labute approximate surface area is 127 Å². The molecule has 2 N–H and O–H groups in total. The van der Waals surface area contributed by atoms with Crippen molar-refractivity contribution in [2.24, 2.45) is 0 Å². The average molecular weight is 301 g/mol. The smallest absolute Gasteiger partial charge is 0.229 e. The lowest BCUT2D eigenvalue weighted by Gasteiger charge is -2.06. The fourth-order valence-corrected chi connectivity index (χ4v) is 1.77. The maximum Gasteiger partial charge on any atom is 0.229 e. The van der Waals surface area contributed by atoms with Gasteiger partial charge in [0.25, 0.3) is 0 Å². The summed E-state index contributed by atoms with van der Waals surface area (Å²) in [6.45, 7) is 0.539. The number of nitrogens with one attached hydrogen (secondary N) is 2. The quantitative estimate of drug-likeness (QED) is 0.795. The molecule has 0 atom stereocenters. The maximum absolute atomic E-state index is 12.7. The van der Waals surface area contributed by atoms with Gasteiger partial charge in [-0.05, 0) is 29.8 Å². The molecule has 22 heavy (non-hydrogen) atoms. The highest BCUT2D eigenvalue weighted by molar-refractivity contribution is 5.96. The van der Waals surface area contributed by atoms with Crippen LogP contribution in [0.1, 0.15) is 17.7 Å². The molecular weight excluding hydrogens is 285 g/mol. The van der Waals surface area contributed by atoms with E-state index in [1.807, 2.05) is 6.07 Å². The van der Waals surface area contributed by atoms with Gasteiger partial charge in [-0.1, -0.05) is 18.2 Å². The molecular formula is C16H16FN3O2. The third-order valence-corrected chi connectivity index (χ3v) is 2.92. The van der Waals surface area contributed by atoms with Crippen LogP contribution in [0.25, 0.3) is 0 Å². The van der Waals surface area contributed by atoms with Crippen LogP contribution in [0.4, 0.5) is 4.39 Å². The number of nitrogens with zero attached hydrogens (tertiary/aromatic N) is 1. The molecule has 1 heterocycles. The van der Waals surface area contributed by atoms with Crippen LogP contribution in [0.5, 0.6) is 0 Å². The van der Waals surface area contributed by atoms with E-state index in [2.05, 4.69) is 15.6 Å². The number of carbonyl (C=O) groups is 2. The van der Waals surface area contributed by atoms with Crippen molar-refractivity contribution in [1.82, 2.24) is 15.6 Å². The van der Waals surface area contributed by atoms with E-state index in [-0.39, 0.29) is 37.1 Å². The fourth-order valence-electron chi connectivity index (χ4n) is 1.77. The first-order valence-corrected chi connectivity index (χ1v) is 6.81. The van der Waals surface area contributed by atoms with Gasteiger partial charge in [0, 0.05) is 12.7 Å². The van der Waals surface area contributed by atoms with Crippen LogP contribution in [0, 0.1) is 5.82 Å². The number of aromatic nitrogens is 1. The lowest BCUT2D eigenvalue weighted by atomic mass is 10.2. The number of carbonyl (C=O) groups excluding carboxylic acids is 2. The van der Waals surface area contributed by atoms with E-state index in [4.69, 9.17) is 0 Å². The Bertz CT molecular complexity index is 630. The van der Waals surface area contributed by atoms with Gasteiger partial charge in [-0.2, -0.15) is 0 Å². The summed E-state index contributed by atoms with van der Waals surface area (Å²) in [6.07, 6.45) is 1.38. The SMILES string of the molecule is O=C(CC(=O)NCc1ccccn1)NCc1ccc(F)cc1. The van der Waals surface area contributed by atoms with E-state index in [0.29, 0.717) is 0 Å². The number of benzene rings is 1. The van der Waals surface area contributed by atoms with Crippen molar-refractivity contribution < 1.29 is 14.0 Å². The highest BCUT2D eigenvalue weighted by Gasteiger charge is 2.09. The monoisotopic (exact) mass is 301 g/mol. The standard InChI is InChI=1S/C16H16FN3O2/c17-13-6-4-12(5-7-13)10-19-15(21)9-16(22)20-11-14-3-1-2-8-18-14/h1-8H,9-11H2,(H,19,21)(H,20,22). The normalized spacial score (nSPS) is 10.0. The second-order valence-electron chi connectivity index (χ2n) is 4.68. The zero-order valence-electron chi connectivity index (χ0n) is 11.9. The van der Waals surface area contributed by atoms with E-state index in [1.165, 1.54) is 12.1 Å². The first-order chi connectivity index (χ1) is 10.6. The molecule has 5 nitrogen and oxygen atoms in total. The van der Waals surface area contributed by atoms with Gasteiger partial charge >= 0.3 is 0 Å². The fraction of sp³-hybridized carbons (Fsp3) is 0.188. The van der Waals surface area contributed by atoms with Crippen molar-refractivity contribution >= 4 is 11.8 Å². The summed E-state index contributed by atoms with van der Waals surface area (Å²) in [7, 11) is 0. The van der Waals surface area contributed by atoms with Gasteiger partial charge in [0.15, 0.2) is 0 Å². The zero-order chi connectivity index (χ0) is 15.8. The minimum Gasteiger partial charge on any atom is -0.352 e. The van der Waals surface area contributed by atoms with Gasteiger partial charge in [0.2, 0.25) is 11.8 Å². The van der Waals surface area contributed by atoms with Gasteiger partial charge in [-0.3, -0.25) is 14.6 Å². The van der Waals surface area contributed by atoms with Crippen LogP contribution in [-0.4, -0.2) is 16.8 Å². The molecule has 0 aliphatic rings. The van der Waals surface area contributed by atoms with E-state index in [9.17, 15) is 14.0 Å². The first kappa shape index (κ1) is 15.6. The molecule has 0 aliphatic heterocycles. The molecule has 2 amide bonds. The van der Waals surface area contributed by atoms with Crippen LogP contribution < -0.4 is 10.6 Å². The van der Waals surface area contributed by atoms with E-state index in [1.54, 1.807) is 30.5 Å². The molecule has 0 radical (unpaired) electrons. The number of amides is 2. The van der Waals surface area contributed by atoms with Gasteiger partial charge in [-0.15, -0.1) is 0 Å². The van der Waals surface area contributed by atoms with E-state index in [0.717, 1.165) is 11.3 Å². The van der Waals surface area contributed by atoms with Crippen LogP contribution in [0.15, 0.2) is 48.7 Å². The molecule has 0 unspecified atom stereocenters. The molecule has 0 saturated carbocycles. The van der Waals surface area contributed by atoms with Gasteiger partial charge in [0.1, 0.15) is 12.2 Å². The van der Waals surface area contributed by atoms with Crippen LogP contribution >= 0.6 is 0 Å². The maximum atomic E-state index is 12.7. The van der Waals surface area contributed by atoms with Gasteiger partial charge in [-0.25, -0.2) is 4.39 Å². The van der Waals surface area contributed by atoms with E-state index < -0.39 is 0 Å². The Morgan fingerprint density at radius 3 is 2.27 bits per heavy atom. The molecule has 0 saturated heterocycles. The Morgan fingerprint density at radius 2 is 1.64 bits per heavy atom. The van der Waals surface area contributed by atoms with Gasteiger partial charge < -0.3 is 10.6 Å². The Balaban J connectivity index is 1.70. The summed E-state index contributed by atoms with van der Waals surface area (Å²) in [5.74, 6) is -1.09. The molecule has 0 spiro atoms. The van der Waals surface area contributed by atoms with Crippen molar-refractivity contribution in [2.45, 2.75) is 19.5 Å². The summed E-state index contributed by atoms with van der Waals surface area (Å²) >= 11 is 0. The number of halogens is 1. The second kappa shape index (κ2) is 7.87. The molecule has 2 aromatic rings. The topological polar surface area (TPSA) is 71.1 Å². The predicted octanol–water partition coefficient (Wildman–Crippen LogP) is 1.54. The summed E-state index contributed by atoms with van der Waals surface area (Å²) in [4.78, 5) is 27.3. The minimum absolute atomic E-state index is 0.256. The number of pyridine rings is 1. The lowest BCUT2D eigenvalue weighted by Crippen LogP contribution is -2.31. The second-order valence-corrected chi connectivity index (χ2v) is 4.68. The largest absolute Gasteiger partial charge is 0.352 e. The third-order valence-electron chi connectivity index (χ3n) is 2.92. The summed E-state index contributed by atoms with van der Waals surface area (Å²) < 4.78 is 12.7. The number of hydrogen-bond donors (Lipinski definition) is 2. The average Bonchev–Trinajstić information content (AvgIpc) is 2.53. The Hall–Kier alpha value is -2.76. The molecule has 0 fully saturated rings. The highest BCUT2D eigenvalue weighted by atomic mass is 19.1. The summed E-state index contributed by atoms with van der Waals surface area (Å²) in [5.41, 5.74) is 1.49. The summed E-state index contributed by atoms with van der Waals surface area (Å²) in [6, 6.07) is 11.2.